The van der Waals surface area contributed by atoms with Crippen LogP contribution >= 0.6 is 11.6 Å². The van der Waals surface area contributed by atoms with Gasteiger partial charge in [0.2, 0.25) is 10.0 Å². The number of hydrogen-bond acceptors (Lipinski definition) is 4. The largest absolute Gasteiger partial charge is 0.456 e. The Morgan fingerprint density at radius 2 is 1.88 bits per heavy atom. The average molecular weight is 371 g/mol. The van der Waals surface area contributed by atoms with Gasteiger partial charge in [-0.3, -0.25) is 4.79 Å². The molecule has 6 nitrogen and oxygen atoms in total. The number of carbonyl (C=O) groups excluding carboxylic acids is 1. The van der Waals surface area contributed by atoms with E-state index in [1.807, 2.05) is 0 Å². The number of halogens is 1. The number of sulfonamides is 1. The maximum Gasteiger partial charge on any atom is 0.291 e. The van der Waals surface area contributed by atoms with Crippen LogP contribution < -0.4 is 5.32 Å². The topological polar surface area (TPSA) is 79.6 Å². The van der Waals surface area contributed by atoms with Crippen molar-refractivity contribution in [3.63, 3.8) is 0 Å². The Bertz CT molecular complexity index is 842. The van der Waals surface area contributed by atoms with Gasteiger partial charge in [0.15, 0.2) is 5.76 Å². The SMILES string of the molecule is CCN(CC)S(=O)(=O)c1ccc(Cl)c(NC(=O)c2ccc(C)o2)c1. The Morgan fingerprint density at radius 1 is 1.21 bits per heavy atom. The van der Waals surface area contributed by atoms with Crippen molar-refractivity contribution in [3.8, 4) is 0 Å². The van der Waals surface area contributed by atoms with Crippen LogP contribution in [0.4, 0.5) is 5.69 Å². The first-order valence-corrected chi connectivity index (χ1v) is 9.28. The van der Waals surface area contributed by atoms with Gasteiger partial charge in [-0.15, -0.1) is 0 Å². The monoisotopic (exact) mass is 370 g/mol. The number of benzene rings is 1. The van der Waals surface area contributed by atoms with Crippen molar-refractivity contribution in [2.75, 3.05) is 18.4 Å². The number of anilines is 1. The molecule has 1 heterocycles. The molecule has 0 atom stereocenters. The van der Waals surface area contributed by atoms with Gasteiger partial charge < -0.3 is 9.73 Å². The quantitative estimate of drug-likeness (QED) is 0.843. The first-order chi connectivity index (χ1) is 11.3. The Hall–Kier alpha value is -1.83. The predicted octanol–water partition coefficient (Wildman–Crippen LogP) is 3.52. The molecular formula is C16H19ClN2O4S. The number of nitrogens with zero attached hydrogens (tertiary/aromatic N) is 1. The van der Waals surface area contributed by atoms with Crippen LogP contribution in [0.25, 0.3) is 0 Å². The summed E-state index contributed by atoms with van der Waals surface area (Å²) < 4.78 is 31.7. The molecule has 1 N–H and O–H groups in total. The van der Waals surface area contributed by atoms with Gasteiger partial charge in [0, 0.05) is 13.1 Å². The second-order valence-corrected chi connectivity index (χ2v) is 7.44. The van der Waals surface area contributed by atoms with E-state index in [2.05, 4.69) is 5.32 Å². The minimum absolute atomic E-state index is 0.0709. The molecule has 0 saturated heterocycles. The highest BCUT2D eigenvalue weighted by Crippen LogP contribution is 2.27. The van der Waals surface area contributed by atoms with Gasteiger partial charge in [-0.1, -0.05) is 25.4 Å². The highest BCUT2D eigenvalue weighted by molar-refractivity contribution is 7.89. The predicted molar refractivity (Wildman–Crippen MR) is 93.0 cm³/mol. The third kappa shape index (κ3) is 3.80. The zero-order chi connectivity index (χ0) is 17.9. The standard InChI is InChI=1S/C16H19ClN2O4S/c1-4-19(5-2)24(21,22)12-7-8-13(17)14(10-12)18-16(20)15-9-6-11(3)23-15/h6-10H,4-5H2,1-3H3,(H,18,20). The van der Waals surface area contributed by atoms with Gasteiger partial charge >= 0.3 is 0 Å². The lowest BCUT2D eigenvalue weighted by Crippen LogP contribution is -2.30. The Kier molecular flexibility index (Phi) is 5.69. The van der Waals surface area contributed by atoms with Gasteiger partial charge in [-0.05, 0) is 37.3 Å². The molecule has 0 aliphatic carbocycles. The van der Waals surface area contributed by atoms with Crippen LogP contribution in [0.5, 0.6) is 0 Å². The first-order valence-electron chi connectivity index (χ1n) is 7.47. The maximum atomic E-state index is 12.6. The highest BCUT2D eigenvalue weighted by atomic mass is 35.5. The fraction of sp³-hybridized carbons (Fsp3) is 0.312. The van der Waals surface area contributed by atoms with Crippen molar-refractivity contribution in [2.45, 2.75) is 25.7 Å². The molecule has 0 bridgehead atoms. The molecule has 0 saturated carbocycles. The molecule has 0 unspecified atom stereocenters. The number of hydrogen-bond donors (Lipinski definition) is 1. The van der Waals surface area contributed by atoms with Crippen molar-refractivity contribution < 1.29 is 17.6 Å². The van der Waals surface area contributed by atoms with Crippen LogP contribution in [-0.4, -0.2) is 31.7 Å². The number of aryl methyl sites for hydroxylation is 1. The molecule has 2 rings (SSSR count). The summed E-state index contributed by atoms with van der Waals surface area (Å²) in [6.07, 6.45) is 0. The Labute approximate surface area is 146 Å². The van der Waals surface area contributed by atoms with Crippen molar-refractivity contribution in [3.05, 3.63) is 46.9 Å². The van der Waals surface area contributed by atoms with E-state index in [-0.39, 0.29) is 21.4 Å². The minimum atomic E-state index is -3.64. The van der Waals surface area contributed by atoms with Crippen molar-refractivity contribution in [1.29, 1.82) is 0 Å². The van der Waals surface area contributed by atoms with Crippen LogP contribution in [-0.2, 0) is 10.0 Å². The van der Waals surface area contributed by atoms with Crippen LogP contribution in [0.2, 0.25) is 5.02 Å². The molecule has 1 aromatic carbocycles. The lowest BCUT2D eigenvalue weighted by atomic mass is 10.3. The molecule has 1 amide bonds. The highest BCUT2D eigenvalue weighted by Gasteiger charge is 2.23. The van der Waals surface area contributed by atoms with E-state index in [4.69, 9.17) is 16.0 Å². The van der Waals surface area contributed by atoms with E-state index in [1.165, 1.54) is 28.6 Å². The molecule has 130 valence electrons. The number of nitrogens with one attached hydrogen (secondary N) is 1. The smallest absolute Gasteiger partial charge is 0.291 e. The fourth-order valence-electron chi connectivity index (χ4n) is 2.21. The molecule has 0 spiro atoms. The summed E-state index contributed by atoms with van der Waals surface area (Å²) in [6.45, 7) is 5.96. The summed E-state index contributed by atoms with van der Waals surface area (Å²) in [4.78, 5) is 12.2. The Balaban J connectivity index is 2.34. The van der Waals surface area contributed by atoms with E-state index in [1.54, 1.807) is 26.8 Å². The third-order valence-corrected chi connectivity index (χ3v) is 5.87. The third-order valence-electron chi connectivity index (χ3n) is 3.49. The summed E-state index contributed by atoms with van der Waals surface area (Å²) in [5, 5.41) is 2.82. The summed E-state index contributed by atoms with van der Waals surface area (Å²) in [5.41, 5.74) is 0.212. The van der Waals surface area contributed by atoms with E-state index < -0.39 is 15.9 Å². The van der Waals surface area contributed by atoms with Crippen molar-refractivity contribution in [1.82, 2.24) is 4.31 Å². The van der Waals surface area contributed by atoms with Crippen LogP contribution in [0.15, 0.2) is 39.6 Å². The van der Waals surface area contributed by atoms with Gasteiger partial charge in [0.1, 0.15) is 5.76 Å². The molecular weight excluding hydrogens is 352 g/mol. The minimum Gasteiger partial charge on any atom is -0.456 e. The normalized spacial score (nSPS) is 11.7. The second-order valence-electron chi connectivity index (χ2n) is 5.10. The van der Waals surface area contributed by atoms with Gasteiger partial charge in [-0.25, -0.2) is 8.42 Å². The first kappa shape index (κ1) is 18.5. The van der Waals surface area contributed by atoms with Crippen molar-refractivity contribution >= 4 is 33.2 Å². The van der Waals surface area contributed by atoms with Crippen LogP contribution in [0.1, 0.15) is 30.2 Å². The number of amides is 1. The summed E-state index contributed by atoms with van der Waals surface area (Å²) in [5.74, 6) is 0.229. The number of carbonyl (C=O) groups is 1. The maximum absolute atomic E-state index is 12.6. The zero-order valence-corrected chi connectivity index (χ0v) is 15.2. The molecule has 24 heavy (non-hydrogen) atoms. The van der Waals surface area contributed by atoms with E-state index in [0.29, 0.717) is 18.8 Å². The molecule has 1 aromatic heterocycles. The van der Waals surface area contributed by atoms with Gasteiger partial charge in [0.05, 0.1) is 15.6 Å². The van der Waals surface area contributed by atoms with Crippen LogP contribution in [0, 0.1) is 6.92 Å². The summed E-state index contributed by atoms with van der Waals surface area (Å²) >= 11 is 6.08. The fourth-order valence-corrected chi connectivity index (χ4v) is 3.86. The zero-order valence-electron chi connectivity index (χ0n) is 13.7. The lowest BCUT2D eigenvalue weighted by Gasteiger charge is -2.19. The second kappa shape index (κ2) is 7.38. The van der Waals surface area contributed by atoms with Gasteiger partial charge in [-0.2, -0.15) is 4.31 Å². The number of rotatable bonds is 6. The summed E-state index contributed by atoms with van der Waals surface area (Å²) in [6, 6.07) is 7.42. The lowest BCUT2D eigenvalue weighted by molar-refractivity contribution is 0.0995. The Morgan fingerprint density at radius 3 is 2.42 bits per heavy atom. The van der Waals surface area contributed by atoms with Gasteiger partial charge in [0.25, 0.3) is 5.91 Å². The number of furan rings is 1. The molecule has 8 heteroatoms. The van der Waals surface area contributed by atoms with E-state index in [9.17, 15) is 13.2 Å². The van der Waals surface area contributed by atoms with E-state index >= 15 is 0 Å². The molecule has 0 aliphatic heterocycles. The van der Waals surface area contributed by atoms with Crippen LogP contribution in [0.3, 0.4) is 0 Å². The average Bonchev–Trinajstić information content (AvgIpc) is 2.97. The molecule has 2 aromatic rings. The molecule has 0 fully saturated rings. The molecule has 0 aliphatic rings. The van der Waals surface area contributed by atoms with E-state index in [0.717, 1.165) is 0 Å². The summed E-state index contributed by atoms with van der Waals surface area (Å²) in [7, 11) is -3.64. The molecule has 0 radical (unpaired) electrons. The van der Waals surface area contributed by atoms with Crippen molar-refractivity contribution in [2.24, 2.45) is 0 Å².